The van der Waals surface area contributed by atoms with Gasteiger partial charge in [-0.2, -0.15) is 0 Å². The number of benzene rings is 6. The van der Waals surface area contributed by atoms with Crippen molar-refractivity contribution in [2.75, 3.05) is 7.11 Å². The van der Waals surface area contributed by atoms with E-state index in [0.29, 0.717) is 11.5 Å². The fraction of sp³-hybridized carbons (Fsp3) is 0.286. The normalized spacial score (nSPS) is 18.3. The van der Waals surface area contributed by atoms with E-state index in [-0.39, 0.29) is 33.6 Å². The summed E-state index contributed by atoms with van der Waals surface area (Å²) in [5.41, 5.74) is 1.91. The second kappa shape index (κ2) is 21.3. The highest BCUT2D eigenvalue weighted by Crippen LogP contribution is 2.44. The minimum atomic E-state index is -3.12. The van der Waals surface area contributed by atoms with Crippen LogP contribution in [0.3, 0.4) is 0 Å². The number of carbonyl (C=O) groups is 4. The molecule has 1 saturated heterocycles. The molecule has 6 aromatic carbocycles. The molecular weight excluding hydrogens is 877 g/mol. The fourth-order valence-corrected chi connectivity index (χ4v) is 12.9. The Labute approximate surface area is 399 Å². The molecule has 0 bridgehead atoms. The van der Waals surface area contributed by atoms with Crippen molar-refractivity contribution in [3.8, 4) is 11.5 Å². The third kappa shape index (κ3) is 10.6. The molecule has 0 unspecified atom stereocenters. The predicted octanol–water partition coefficient (Wildman–Crippen LogP) is 9.83. The smallest absolute Gasteiger partial charge is 0.339 e. The van der Waals surface area contributed by atoms with Crippen LogP contribution in [0, 0.1) is 0 Å². The standard InChI is InChI=1S/C56H58O11Si/c1-36(2)44-34-41(67-68(56(5,6)7,42-30-20-12-21-31-42)43-32-22-13-23-33-43)35-45(37(3)4)46(44)65-55-50(64-53(59)40-28-18-11-19-29-40)48(63-52(58)39-26-16-10-17-27-39)47(49(66-55)54(60)61-8)62-51(57)38-24-14-9-15-25-38/h9-37,47-50,55H,1-8H3/t47-,48-,49-,50+,55+/m0/s1. The zero-order chi connectivity index (χ0) is 48.6. The Kier molecular flexibility index (Phi) is 15.3. The van der Waals surface area contributed by atoms with Crippen LogP contribution in [0.1, 0.15) is 103 Å². The van der Waals surface area contributed by atoms with E-state index < -0.39 is 62.9 Å². The molecule has 7 rings (SSSR count). The van der Waals surface area contributed by atoms with Gasteiger partial charge >= 0.3 is 32.2 Å². The second-order valence-electron chi connectivity index (χ2n) is 18.3. The van der Waals surface area contributed by atoms with Crippen LogP contribution in [-0.4, -0.2) is 70.0 Å². The Bertz CT molecular complexity index is 2580. The number of ether oxygens (including phenoxy) is 6. The van der Waals surface area contributed by atoms with Gasteiger partial charge in [0.1, 0.15) is 11.5 Å². The van der Waals surface area contributed by atoms with E-state index in [1.165, 1.54) is 12.1 Å². The topological polar surface area (TPSA) is 133 Å². The van der Waals surface area contributed by atoms with Gasteiger partial charge in [-0.1, -0.05) is 164 Å². The van der Waals surface area contributed by atoms with Crippen molar-refractivity contribution < 1.29 is 52.0 Å². The van der Waals surface area contributed by atoms with E-state index in [2.05, 4.69) is 45.0 Å². The molecule has 1 fully saturated rings. The van der Waals surface area contributed by atoms with Crippen molar-refractivity contribution in [2.45, 2.75) is 96.0 Å². The van der Waals surface area contributed by atoms with Crippen molar-refractivity contribution >= 4 is 42.6 Å². The Morgan fingerprint density at radius 2 is 0.897 bits per heavy atom. The molecule has 352 valence electrons. The van der Waals surface area contributed by atoms with E-state index >= 15 is 0 Å². The third-order valence-electron chi connectivity index (χ3n) is 12.0. The maximum absolute atomic E-state index is 14.2. The summed E-state index contributed by atoms with van der Waals surface area (Å²) in [6.45, 7) is 14.7. The molecule has 12 heteroatoms. The van der Waals surface area contributed by atoms with Crippen LogP contribution in [0.2, 0.25) is 5.04 Å². The summed E-state index contributed by atoms with van der Waals surface area (Å²) in [7, 11) is -1.96. The molecule has 11 nitrogen and oxygen atoms in total. The molecule has 0 radical (unpaired) electrons. The fourth-order valence-electron chi connectivity index (χ4n) is 8.54. The molecule has 0 aromatic heterocycles. The van der Waals surface area contributed by atoms with Crippen LogP contribution in [0.15, 0.2) is 164 Å². The lowest BCUT2D eigenvalue weighted by Gasteiger charge is -2.44. The highest BCUT2D eigenvalue weighted by atomic mass is 28.4. The lowest BCUT2D eigenvalue weighted by atomic mass is 9.93. The minimum absolute atomic E-state index is 0.143. The van der Waals surface area contributed by atoms with Crippen LogP contribution in [0.4, 0.5) is 0 Å². The van der Waals surface area contributed by atoms with Crippen LogP contribution in [0.5, 0.6) is 11.5 Å². The highest BCUT2D eigenvalue weighted by molar-refractivity contribution is 7.00. The summed E-state index contributed by atoms with van der Waals surface area (Å²) in [5, 5.41) is 1.85. The van der Waals surface area contributed by atoms with Gasteiger partial charge < -0.3 is 32.8 Å². The first-order valence-electron chi connectivity index (χ1n) is 22.8. The van der Waals surface area contributed by atoms with E-state index in [1.807, 2.05) is 76.2 Å². The molecule has 5 atom stereocenters. The number of esters is 4. The largest absolute Gasteiger partial charge is 0.534 e. The summed E-state index contributed by atoms with van der Waals surface area (Å²) in [5.74, 6) is -2.83. The number of hydrogen-bond donors (Lipinski definition) is 0. The number of carbonyl (C=O) groups excluding carboxylic acids is 4. The van der Waals surface area contributed by atoms with Gasteiger partial charge in [0.05, 0.1) is 23.8 Å². The van der Waals surface area contributed by atoms with Gasteiger partial charge in [0, 0.05) is 11.1 Å². The molecular formula is C56H58O11Si. The Hall–Kier alpha value is -7.02. The quantitative estimate of drug-likeness (QED) is 0.0554. The lowest BCUT2D eigenvalue weighted by Crippen LogP contribution is -2.68. The van der Waals surface area contributed by atoms with Crippen molar-refractivity contribution in [3.63, 3.8) is 0 Å². The summed E-state index contributed by atoms with van der Waals surface area (Å²) in [6, 6.07) is 49.1. The molecule has 68 heavy (non-hydrogen) atoms. The van der Waals surface area contributed by atoms with E-state index in [4.69, 9.17) is 32.8 Å². The first kappa shape index (κ1) is 48.9. The van der Waals surface area contributed by atoms with Gasteiger partial charge in [0.15, 0.2) is 18.3 Å². The molecule has 0 amide bonds. The van der Waals surface area contributed by atoms with Crippen molar-refractivity contribution in [3.05, 3.63) is 192 Å². The molecule has 0 aliphatic carbocycles. The molecule has 1 aliphatic heterocycles. The average molecular weight is 935 g/mol. The molecule has 0 spiro atoms. The number of hydrogen-bond acceptors (Lipinski definition) is 11. The number of rotatable bonds is 15. The van der Waals surface area contributed by atoms with Gasteiger partial charge in [-0.05, 0) is 75.8 Å². The van der Waals surface area contributed by atoms with Crippen LogP contribution in [-0.2, 0) is 28.5 Å². The zero-order valence-electron chi connectivity index (χ0n) is 39.6. The Morgan fingerprint density at radius 3 is 1.26 bits per heavy atom. The molecule has 1 aliphatic rings. The average Bonchev–Trinajstić information content (AvgIpc) is 3.35. The van der Waals surface area contributed by atoms with Gasteiger partial charge in [0.2, 0.25) is 12.4 Å². The monoisotopic (exact) mass is 934 g/mol. The van der Waals surface area contributed by atoms with E-state index in [1.54, 1.807) is 78.9 Å². The summed E-state index contributed by atoms with van der Waals surface area (Å²) < 4.78 is 44.9. The summed E-state index contributed by atoms with van der Waals surface area (Å²) >= 11 is 0. The molecule has 1 heterocycles. The van der Waals surface area contributed by atoms with Gasteiger partial charge in [-0.15, -0.1) is 0 Å². The van der Waals surface area contributed by atoms with Crippen molar-refractivity contribution in [1.82, 2.24) is 0 Å². The summed E-state index contributed by atoms with van der Waals surface area (Å²) in [4.78, 5) is 56.1. The van der Waals surface area contributed by atoms with Gasteiger partial charge in [0.25, 0.3) is 0 Å². The van der Waals surface area contributed by atoms with Gasteiger partial charge in [-0.25, -0.2) is 19.2 Å². The summed E-state index contributed by atoms with van der Waals surface area (Å²) in [6.07, 6.45) is -8.41. The van der Waals surface area contributed by atoms with Crippen LogP contribution < -0.4 is 19.5 Å². The Morgan fingerprint density at radius 1 is 0.529 bits per heavy atom. The van der Waals surface area contributed by atoms with Crippen molar-refractivity contribution in [2.24, 2.45) is 0 Å². The third-order valence-corrected chi connectivity index (χ3v) is 16.9. The van der Waals surface area contributed by atoms with Crippen LogP contribution in [0.25, 0.3) is 0 Å². The van der Waals surface area contributed by atoms with E-state index in [0.717, 1.165) is 28.6 Å². The number of methoxy groups -OCH3 is 1. The van der Waals surface area contributed by atoms with Crippen molar-refractivity contribution in [1.29, 1.82) is 0 Å². The van der Waals surface area contributed by atoms with E-state index in [9.17, 15) is 19.2 Å². The minimum Gasteiger partial charge on any atom is -0.534 e. The maximum atomic E-state index is 14.2. The lowest BCUT2D eigenvalue weighted by molar-refractivity contribution is -0.270. The highest BCUT2D eigenvalue weighted by Gasteiger charge is 2.57. The zero-order valence-corrected chi connectivity index (χ0v) is 40.6. The first-order chi connectivity index (χ1) is 32.6. The SMILES string of the molecule is COC(=O)[C@H]1O[C@@H](Oc2c(C(C)C)cc(O[Si](c3ccccc3)(c3ccccc3)C(C)(C)C)cc2C(C)C)[C@H](OC(=O)c2ccccc2)[C@@H](OC(=O)c2ccccc2)[C@@H]1OC(=O)c1ccccc1. The Balaban J connectivity index is 1.39. The maximum Gasteiger partial charge on any atom is 0.339 e. The predicted molar refractivity (Wildman–Crippen MR) is 261 cm³/mol. The van der Waals surface area contributed by atoms with Gasteiger partial charge in [-0.3, -0.25) is 0 Å². The second-order valence-corrected chi connectivity index (χ2v) is 22.5. The first-order valence-corrected chi connectivity index (χ1v) is 24.7. The molecule has 0 saturated carbocycles. The molecule has 0 N–H and O–H groups in total. The van der Waals surface area contributed by atoms with Crippen LogP contribution >= 0.6 is 0 Å². The molecule has 6 aromatic rings.